The number of hydrogen-bond acceptors (Lipinski definition) is 8. The van der Waals surface area contributed by atoms with Gasteiger partial charge >= 0.3 is 0 Å². The average Bonchev–Trinajstić information content (AvgIpc) is 3.37. The first-order valence-electron chi connectivity index (χ1n) is 8.31. The Kier molecular flexibility index (Phi) is 4.58. The molecule has 0 atom stereocenters. The molecule has 28 heavy (non-hydrogen) atoms. The molecule has 0 radical (unpaired) electrons. The fourth-order valence-corrected chi connectivity index (χ4v) is 2.65. The van der Waals surface area contributed by atoms with E-state index in [1.54, 1.807) is 36.4 Å². The number of carbonyl (C=O) groups is 2. The monoisotopic (exact) mass is 381 g/mol. The van der Waals surface area contributed by atoms with Crippen LogP contribution in [0.1, 0.15) is 17.3 Å². The van der Waals surface area contributed by atoms with E-state index in [0.29, 0.717) is 28.5 Å². The molecule has 0 saturated heterocycles. The molecular weight excluding hydrogens is 366 g/mol. The molecule has 1 N–H and O–H groups in total. The van der Waals surface area contributed by atoms with Crippen molar-refractivity contribution in [2.24, 2.45) is 0 Å². The van der Waals surface area contributed by atoms with Gasteiger partial charge < -0.3 is 19.5 Å². The quantitative estimate of drug-likeness (QED) is 0.640. The summed E-state index contributed by atoms with van der Waals surface area (Å²) >= 11 is 0. The lowest BCUT2D eigenvalue weighted by Crippen LogP contribution is -2.21. The summed E-state index contributed by atoms with van der Waals surface area (Å²) in [5.74, 6) is 0.838. The number of carbonyl (C=O) groups excluding carboxylic acids is 2. The number of nitrogens with one attached hydrogen (secondary N) is 1. The molecular formula is C18H15N5O5. The van der Waals surface area contributed by atoms with Crippen LogP contribution in [0.3, 0.4) is 0 Å². The largest absolute Gasteiger partial charge is 0.484 e. The van der Waals surface area contributed by atoms with Crippen LogP contribution >= 0.6 is 0 Å². The topological polar surface area (TPSA) is 117 Å². The number of hydrogen-bond donors (Lipinski definition) is 1. The van der Waals surface area contributed by atoms with E-state index in [1.165, 1.54) is 17.9 Å². The molecule has 10 heteroatoms. The standard InChI is InChI=1S/C18H15N5O5/c1-11(24)14-6-16-17(28-10-27-16)7-15(14)20-18(25)8-26-13-4-2-12(3-5-13)23-9-19-21-22-23/h2-7,9H,8,10H2,1H3,(H,20,25). The second-order valence-electron chi connectivity index (χ2n) is 5.89. The summed E-state index contributed by atoms with van der Waals surface area (Å²) in [6.45, 7) is 1.26. The van der Waals surface area contributed by atoms with Gasteiger partial charge in [0.15, 0.2) is 23.9 Å². The van der Waals surface area contributed by atoms with Gasteiger partial charge in [-0.1, -0.05) is 0 Å². The van der Waals surface area contributed by atoms with Gasteiger partial charge in [-0.05, 0) is 47.7 Å². The molecule has 4 rings (SSSR count). The third-order valence-electron chi connectivity index (χ3n) is 3.99. The number of ether oxygens (including phenoxy) is 3. The second kappa shape index (κ2) is 7.35. The third kappa shape index (κ3) is 3.61. The highest BCUT2D eigenvalue weighted by Crippen LogP contribution is 2.37. The Hall–Kier alpha value is -3.95. The summed E-state index contributed by atoms with van der Waals surface area (Å²) in [6, 6.07) is 10.0. The predicted octanol–water partition coefficient (Wildman–Crippen LogP) is 1.61. The molecule has 1 aromatic heterocycles. The lowest BCUT2D eigenvalue weighted by molar-refractivity contribution is -0.118. The Morgan fingerprint density at radius 3 is 2.61 bits per heavy atom. The van der Waals surface area contributed by atoms with Gasteiger partial charge in [0.1, 0.15) is 12.1 Å². The van der Waals surface area contributed by atoms with Gasteiger partial charge in [0.2, 0.25) is 6.79 Å². The minimum Gasteiger partial charge on any atom is -0.484 e. The Balaban J connectivity index is 1.40. The van der Waals surface area contributed by atoms with E-state index >= 15 is 0 Å². The number of Topliss-reactive ketones (excluding diaryl/α,β-unsaturated/α-hetero) is 1. The van der Waals surface area contributed by atoms with Crippen molar-refractivity contribution in [3.8, 4) is 22.9 Å². The summed E-state index contributed by atoms with van der Waals surface area (Å²) in [6.07, 6.45) is 1.47. The van der Waals surface area contributed by atoms with Crippen LogP contribution in [-0.4, -0.2) is 45.3 Å². The fraction of sp³-hybridized carbons (Fsp3) is 0.167. The first-order valence-corrected chi connectivity index (χ1v) is 8.31. The van der Waals surface area contributed by atoms with Crippen molar-refractivity contribution in [1.29, 1.82) is 0 Å². The zero-order valence-electron chi connectivity index (χ0n) is 14.8. The minimum absolute atomic E-state index is 0.0772. The van der Waals surface area contributed by atoms with Gasteiger partial charge in [-0.15, -0.1) is 5.10 Å². The van der Waals surface area contributed by atoms with Crippen LogP contribution in [0.4, 0.5) is 5.69 Å². The van der Waals surface area contributed by atoms with Gasteiger partial charge in [-0.3, -0.25) is 9.59 Å². The molecule has 0 saturated carbocycles. The van der Waals surface area contributed by atoms with Crippen molar-refractivity contribution < 1.29 is 23.8 Å². The smallest absolute Gasteiger partial charge is 0.262 e. The van der Waals surface area contributed by atoms with Crippen molar-refractivity contribution in [1.82, 2.24) is 20.2 Å². The maximum absolute atomic E-state index is 12.3. The number of ketones is 1. The Bertz CT molecular complexity index is 1020. The number of benzene rings is 2. The molecule has 0 aliphatic carbocycles. The number of fused-ring (bicyclic) bond motifs is 1. The molecule has 142 valence electrons. The van der Waals surface area contributed by atoms with Crippen LogP contribution in [-0.2, 0) is 4.79 Å². The molecule has 0 bridgehead atoms. The third-order valence-corrected chi connectivity index (χ3v) is 3.99. The van der Waals surface area contributed by atoms with E-state index < -0.39 is 5.91 Å². The number of rotatable bonds is 6. The molecule has 10 nitrogen and oxygen atoms in total. The SMILES string of the molecule is CC(=O)c1cc2c(cc1NC(=O)COc1ccc(-n3cnnn3)cc1)OCO2. The highest BCUT2D eigenvalue weighted by Gasteiger charge is 2.20. The number of nitrogens with zero attached hydrogens (tertiary/aromatic N) is 4. The minimum atomic E-state index is -0.411. The number of tetrazole rings is 1. The van der Waals surface area contributed by atoms with Crippen molar-refractivity contribution in [3.05, 3.63) is 48.3 Å². The van der Waals surface area contributed by atoms with Gasteiger partial charge in [-0.2, -0.15) is 0 Å². The lowest BCUT2D eigenvalue weighted by atomic mass is 10.1. The van der Waals surface area contributed by atoms with Gasteiger partial charge in [0.25, 0.3) is 5.91 Å². The fourth-order valence-electron chi connectivity index (χ4n) is 2.65. The lowest BCUT2D eigenvalue weighted by Gasteiger charge is -2.11. The Labute approximate surface area is 159 Å². The normalized spacial score (nSPS) is 11.9. The first-order chi connectivity index (χ1) is 13.6. The molecule has 0 unspecified atom stereocenters. The summed E-state index contributed by atoms with van der Waals surface area (Å²) in [4.78, 5) is 24.1. The highest BCUT2D eigenvalue weighted by molar-refractivity contribution is 6.04. The molecule has 2 heterocycles. The van der Waals surface area contributed by atoms with Crippen LogP contribution in [0.2, 0.25) is 0 Å². The van der Waals surface area contributed by atoms with E-state index in [2.05, 4.69) is 20.8 Å². The van der Waals surface area contributed by atoms with E-state index in [9.17, 15) is 9.59 Å². The Morgan fingerprint density at radius 2 is 1.93 bits per heavy atom. The molecule has 1 amide bonds. The molecule has 0 spiro atoms. The molecule has 0 fully saturated rings. The van der Waals surface area contributed by atoms with Crippen LogP contribution in [0.25, 0.3) is 5.69 Å². The van der Waals surface area contributed by atoms with Crippen LogP contribution < -0.4 is 19.5 Å². The van der Waals surface area contributed by atoms with E-state index in [1.807, 2.05) is 0 Å². The van der Waals surface area contributed by atoms with E-state index in [4.69, 9.17) is 14.2 Å². The Morgan fingerprint density at radius 1 is 1.18 bits per heavy atom. The van der Waals surface area contributed by atoms with Crippen LogP contribution in [0, 0.1) is 0 Å². The summed E-state index contributed by atoms with van der Waals surface area (Å²) < 4.78 is 17.6. The summed E-state index contributed by atoms with van der Waals surface area (Å²) in [5, 5.41) is 13.6. The molecule has 3 aromatic rings. The summed E-state index contributed by atoms with van der Waals surface area (Å²) in [7, 11) is 0. The maximum Gasteiger partial charge on any atom is 0.262 e. The molecule has 1 aliphatic heterocycles. The van der Waals surface area contributed by atoms with Crippen molar-refractivity contribution in [2.75, 3.05) is 18.7 Å². The van der Waals surface area contributed by atoms with Crippen molar-refractivity contribution in [2.45, 2.75) is 6.92 Å². The van der Waals surface area contributed by atoms with Crippen molar-refractivity contribution in [3.63, 3.8) is 0 Å². The van der Waals surface area contributed by atoms with E-state index in [-0.39, 0.29) is 19.2 Å². The highest BCUT2D eigenvalue weighted by atomic mass is 16.7. The number of amides is 1. The van der Waals surface area contributed by atoms with E-state index in [0.717, 1.165) is 5.69 Å². The van der Waals surface area contributed by atoms with Crippen molar-refractivity contribution >= 4 is 17.4 Å². The van der Waals surface area contributed by atoms with Crippen LogP contribution in [0.15, 0.2) is 42.7 Å². The number of anilines is 1. The average molecular weight is 381 g/mol. The van der Waals surface area contributed by atoms with Gasteiger partial charge in [-0.25, -0.2) is 4.68 Å². The summed E-state index contributed by atoms with van der Waals surface area (Å²) in [5.41, 5.74) is 1.44. The first kappa shape index (κ1) is 17.5. The number of aromatic nitrogens is 4. The predicted molar refractivity (Wildman–Crippen MR) is 95.8 cm³/mol. The maximum atomic E-state index is 12.3. The van der Waals surface area contributed by atoms with Gasteiger partial charge in [0, 0.05) is 11.6 Å². The molecule has 1 aliphatic rings. The van der Waals surface area contributed by atoms with Crippen LogP contribution in [0.5, 0.6) is 17.2 Å². The van der Waals surface area contributed by atoms with Gasteiger partial charge in [0.05, 0.1) is 11.4 Å². The second-order valence-corrected chi connectivity index (χ2v) is 5.89. The zero-order valence-corrected chi connectivity index (χ0v) is 14.8. The zero-order chi connectivity index (χ0) is 19.5. The molecule has 2 aromatic carbocycles.